The SMILES string of the molecule is CSCCC(O)c1cccc(Cl)c1. The predicted octanol–water partition coefficient (Wildman–Crippen LogP) is 3.13. The van der Waals surface area contributed by atoms with Crippen molar-refractivity contribution >= 4 is 23.4 Å². The van der Waals surface area contributed by atoms with Crippen LogP contribution in [0.3, 0.4) is 0 Å². The number of hydrogen-bond donors (Lipinski definition) is 1. The lowest BCUT2D eigenvalue weighted by Crippen LogP contribution is -1.98. The molecule has 0 spiro atoms. The molecule has 1 N–H and O–H groups in total. The van der Waals surface area contributed by atoms with Crippen LogP contribution in [0.15, 0.2) is 24.3 Å². The third-order valence-corrected chi connectivity index (χ3v) is 2.71. The van der Waals surface area contributed by atoms with Gasteiger partial charge in [0.25, 0.3) is 0 Å². The van der Waals surface area contributed by atoms with E-state index in [1.807, 2.05) is 30.5 Å². The minimum atomic E-state index is -0.383. The van der Waals surface area contributed by atoms with Crippen LogP contribution in [0.2, 0.25) is 5.02 Å². The summed E-state index contributed by atoms with van der Waals surface area (Å²) in [6, 6.07) is 7.38. The van der Waals surface area contributed by atoms with Crippen molar-refractivity contribution < 1.29 is 5.11 Å². The standard InChI is InChI=1S/C10H13ClOS/c1-13-6-5-10(12)8-3-2-4-9(11)7-8/h2-4,7,10,12H,5-6H2,1H3. The van der Waals surface area contributed by atoms with Crippen LogP contribution in [0.25, 0.3) is 0 Å². The quantitative estimate of drug-likeness (QED) is 0.835. The molecule has 0 amide bonds. The Bertz CT molecular complexity index is 265. The third-order valence-electron chi connectivity index (χ3n) is 1.83. The van der Waals surface area contributed by atoms with Gasteiger partial charge in [0.2, 0.25) is 0 Å². The summed E-state index contributed by atoms with van der Waals surface area (Å²) in [6.45, 7) is 0. The van der Waals surface area contributed by atoms with E-state index >= 15 is 0 Å². The van der Waals surface area contributed by atoms with Crippen molar-refractivity contribution in [2.45, 2.75) is 12.5 Å². The molecule has 0 saturated carbocycles. The summed E-state index contributed by atoms with van der Waals surface area (Å²) in [4.78, 5) is 0. The zero-order chi connectivity index (χ0) is 9.68. The van der Waals surface area contributed by atoms with Gasteiger partial charge >= 0.3 is 0 Å². The van der Waals surface area contributed by atoms with Gasteiger partial charge in [0.15, 0.2) is 0 Å². The summed E-state index contributed by atoms with van der Waals surface area (Å²) >= 11 is 7.54. The van der Waals surface area contributed by atoms with Crippen molar-refractivity contribution in [1.82, 2.24) is 0 Å². The average Bonchev–Trinajstić information content (AvgIpc) is 2.14. The zero-order valence-electron chi connectivity index (χ0n) is 7.53. The summed E-state index contributed by atoms with van der Waals surface area (Å²) in [5.74, 6) is 0.966. The van der Waals surface area contributed by atoms with E-state index < -0.39 is 0 Å². The fraction of sp³-hybridized carbons (Fsp3) is 0.400. The molecule has 1 unspecified atom stereocenters. The highest BCUT2D eigenvalue weighted by Crippen LogP contribution is 2.21. The zero-order valence-corrected chi connectivity index (χ0v) is 9.11. The van der Waals surface area contributed by atoms with Crippen LogP contribution in [0.4, 0.5) is 0 Å². The second-order valence-corrected chi connectivity index (χ2v) is 4.27. The molecule has 13 heavy (non-hydrogen) atoms. The average molecular weight is 217 g/mol. The molecular weight excluding hydrogens is 204 g/mol. The van der Waals surface area contributed by atoms with E-state index in [1.165, 1.54) is 0 Å². The van der Waals surface area contributed by atoms with Crippen LogP contribution in [0.1, 0.15) is 18.1 Å². The van der Waals surface area contributed by atoms with Crippen molar-refractivity contribution in [3.8, 4) is 0 Å². The van der Waals surface area contributed by atoms with Gasteiger partial charge in [0.05, 0.1) is 6.10 Å². The van der Waals surface area contributed by atoms with Crippen molar-refractivity contribution in [2.24, 2.45) is 0 Å². The molecule has 3 heteroatoms. The summed E-state index contributed by atoms with van der Waals surface area (Å²) in [6.07, 6.45) is 2.43. The minimum Gasteiger partial charge on any atom is -0.388 e. The molecule has 0 heterocycles. The molecule has 0 aliphatic heterocycles. The van der Waals surface area contributed by atoms with E-state index in [4.69, 9.17) is 11.6 Å². The number of aliphatic hydroxyl groups is 1. The highest BCUT2D eigenvalue weighted by molar-refractivity contribution is 7.98. The molecule has 0 saturated heterocycles. The van der Waals surface area contributed by atoms with Gasteiger partial charge in [-0.2, -0.15) is 11.8 Å². The molecule has 0 aliphatic carbocycles. The third kappa shape index (κ3) is 3.59. The second kappa shape index (κ2) is 5.53. The first-order valence-electron chi connectivity index (χ1n) is 4.16. The maximum Gasteiger partial charge on any atom is 0.0798 e. The Hall–Kier alpha value is -0.180. The van der Waals surface area contributed by atoms with Crippen LogP contribution in [-0.4, -0.2) is 17.1 Å². The molecule has 1 rings (SSSR count). The Morgan fingerprint density at radius 3 is 2.92 bits per heavy atom. The molecule has 0 fully saturated rings. The van der Waals surface area contributed by atoms with Gasteiger partial charge < -0.3 is 5.11 Å². The van der Waals surface area contributed by atoms with Crippen molar-refractivity contribution in [1.29, 1.82) is 0 Å². The first-order valence-corrected chi connectivity index (χ1v) is 5.93. The summed E-state index contributed by atoms with van der Waals surface area (Å²) in [5, 5.41) is 10.4. The predicted molar refractivity (Wildman–Crippen MR) is 59.4 cm³/mol. The van der Waals surface area contributed by atoms with Crippen molar-refractivity contribution in [3.63, 3.8) is 0 Å². The Morgan fingerprint density at radius 2 is 2.31 bits per heavy atom. The van der Waals surface area contributed by atoms with E-state index in [9.17, 15) is 5.11 Å². The van der Waals surface area contributed by atoms with Gasteiger partial charge in [-0.1, -0.05) is 23.7 Å². The van der Waals surface area contributed by atoms with Crippen LogP contribution in [0.5, 0.6) is 0 Å². The molecule has 1 aromatic carbocycles. The fourth-order valence-electron chi connectivity index (χ4n) is 1.11. The number of rotatable bonds is 4. The smallest absolute Gasteiger partial charge is 0.0798 e. The molecule has 1 atom stereocenters. The first-order chi connectivity index (χ1) is 6.24. The topological polar surface area (TPSA) is 20.2 Å². The molecule has 72 valence electrons. The van der Waals surface area contributed by atoms with Gasteiger partial charge in [-0.15, -0.1) is 0 Å². The fourth-order valence-corrected chi connectivity index (χ4v) is 1.77. The van der Waals surface area contributed by atoms with Crippen LogP contribution in [-0.2, 0) is 0 Å². The summed E-state index contributed by atoms with van der Waals surface area (Å²) < 4.78 is 0. The number of halogens is 1. The molecule has 1 aromatic rings. The number of hydrogen-bond acceptors (Lipinski definition) is 2. The summed E-state index contributed by atoms with van der Waals surface area (Å²) in [5.41, 5.74) is 0.904. The molecule has 0 bridgehead atoms. The lowest BCUT2D eigenvalue weighted by atomic mass is 10.1. The lowest BCUT2D eigenvalue weighted by molar-refractivity contribution is 0.175. The highest BCUT2D eigenvalue weighted by Gasteiger charge is 2.06. The normalized spacial score (nSPS) is 12.8. The Balaban J connectivity index is 2.60. The van der Waals surface area contributed by atoms with Gasteiger partial charge in [-0.25, -0.2) is 0 Å². The molecule has 0 aromatic heterocycles. The molecule has 0 radical (unpaired) electrons. The molecule has 1 nitrogen and oxygen atoms in total. The van der Waals surface area contributed by atoms with Crippen LogP contribution in [0, 0.1) is 0 Å². The van der Waals surface area contributed by atoms with E-state index in [2.05, 4.69) is 0 Å². The first kappa shape index (κ1) is 10.9. The monoisotopic (exact) mass is 216 g/mol. The van der Waals surface area contributed by atoms with Gasteiger partial charge in [0, 0.05) is 5.02 Å². The van der Waals surface area contributed by atoms with Crippen molar-refractivity contribution in [2.75, 3.05) is 12.0 Å². The second-order valence-electron chi connectivity index (χ2n) is 2.85. The van der Waals surface area contributed by atoms with E-state index in [0.29, 0.717) is 5.02 Å². The Labute approximate surface area is 88.1 Å². The van der Waals surface area contributed by atoms with E-state index in [0.717, 1.165) is 17.7 Å². The van der Waals surface area contributed by atoms with Gasteiger partial charge in [0.1, 0.15) is 0 Å². The summed E-state index contributed by atoms with van der Waals surface area (Å²) in [7, 11) is 0. The maximum absolute atomic E-state index is 9.70. The lowest BCUT2D eigenvalue weighted by Gasteiger charge is -2.09. The van der Waals surface area contributed by atoms with Crippen LogP contribution < -0.4 is 0 Å². The van der Waals surface area contributed by atoms with Gasteiger partial charge in [-0.05, 0) is 36.1 Å². The van der Waals surface area contributed by atoms with Crippen molar-refractivity contribution in [3.05, 3.63) is 34.9 Å². The Morgan fingerprint density at radius 1 is 1.54 bits per heavy atom. The molecule has 0 aliphatic rings. The minimum absolute atomic E-state index is 0.383. The Kier molecular flexibility index (Phi) is 4.64. The number of thioether (sulfide) groups is 1. The number of aliphatic hydroxyl groups excluding tert-OH is 1. The highest BCUT2D eigenvalue weighted by atomic mass is 35.5. The van der Waals surface area contributed by atoms with E-state index in [-0.39, 0.29) is 6.10 Å². The molecular formula is C10H13ClOS. The van der Waals surface area contributed by atoms with E-state index in [1.54, 1.807) is 11.8 Å². The number of benzene rings is 1. The van der Waals surface area contributed by atoms with Crippen LogP contribution >= 0.6 is 23.4 Å². The maximum atomic E-state index is 9.70. The van der Waals surface area contributed by atoms with Gasteiger partial charge in [-0.3, -0.25) is 0 Å². The largest absolute Gasteiger partial charge is 0.388 e.